The van der Waals surface area contributed by atoms with E-state index in [1.807, 2.05) is 0 Å². The van der Waals surface area contributed by atoms with Crippen LogP contribution in [0.5, 0.6) is 0 Å². The van der Waals surface area contributed by atoms with Crippen LogP contribution in [0, 0.1) is 0 Å². The molecule has 8 aromatic carbocycles. The molecular weight excluding hydrogens is 639 g/mol. The Kier molecular flexibility index (Phi) is 7.41. The normalized spacial score (nSPS) is 13.3. The van der Waals surface area contributed by atoms with Crippen molar-refractivity contribution >= 4 is 38.6 Å². The number of hydrogen-bond acceptors (Lipinski definition) is 1. The van der Waals surface area contributed by atoms with Crippen LogP contribution in [0.4, 0.5) is 17.1 Å². The summed E-state index contributed by atoms with van der Waals surface area (Å²) in [6, 6.07) is 59.5. The van der Waals surface area contributed by atoms with Crippen LogP contribution in [0.2, 0.25) is 0 Å². The minimum Gasteiger partial charge on any atom is -0.310 e. The SMILES string of the molecule is CC(C)(C)c1ccc(N(c2ccc3cc4c(cc3c2)-c2cc3cc(-c5ccccc5)ccc3cc2-4)c2cc3c(cc2-c2ccccc2)CCCC3)cc1. The molecule has 0 spiro atoms. The second-order valence-electron chi connectivity index (χ2n) is 16.1. The molecule has 2 aliphatic rings. The lowest BCUT2D eigenvalue weighted by molar-refractivity contribution is 0.590. The zero-order valence-electron chi connectivity index (χ0n) is 30.8. The molecule has 1 heteroatoms. The summed E-state index contributed by atoms with van der Waals surface area (Å²) in [5.41, 5.74) is 18.5. The van der Waals surface area contributed by atoms with Gasteiger partial charge < -0.3 is 4.90 Å². The maximum absolute atomic E-state index is 2.51. The zero-order valence-corrected chi connectivity index (χ0v) is 30.8. The molecule has 10 rings (SSSR count). The highest BCUT2D eigenvalue weighted by molar-refractivity contribution is 6.12. The van der Waals surface area contributed by atoms with Gasteiger partial charge in [0.2, 0.25) is 0 Å². The third-order valence-corrected chi connectivity index (χ3v) is 11.7. The average molecular weight is 682 g/mol. The van der Waals surface area contributed by atoms with Gasteiger partial charge >= 0.3 is 0 Å². The van der Waals surface area contributed by atoms with Crippen molar-refractivity contribution in [3.63, 3.8) is 0 Å². The molecule has 0 unspecified atom stereocenters. The number of hydrogen-bond donors (Lipinski definition) is 0. The van der Waals surface area contributed by atoms with Gasteiger partial charge in [-0.25, -0.2) is 0 Å². The molecule has 0 heterocycles. The largest absolute Gasteiger partial charge is 0.310 e. The minimum atomic E-state index is 0.0833. The standard InChI is InChI=1S/C52H43N/c1-52(2,3)43-21-24-44(25-22-43)53(51-33-37-17-11-10-16-36(37)28-46(51)35-14-8-5-9-15-35)45-23-20-40-30-48-47-29-39-19-18-38(34-12-6-4-7-13-34)26-41(39)31-49(47)50(48)32-42(40)27-45/h4-9,12-15,18-33H,10-11,16-17H2,1-3H3. The van der Waals surface area contributed by atoms with Gasteiger partial charge in [0.1, 0.15) is 0 Å². The molecule has 2 aliphatic carbocycles. The molecule has 0 bridgehead atoms. The number of benzene rings is 8. The summed E-state index contributed by atoms with van der Waals surface area (Å²) in [6.07, 6.45) is 4.81. The van der Waals surface area contributed by atoms with Crippen LogP contribution < -0.4 is 4.90 Å². The summed E-state index contributed by atoms with van der Waals surface area (Å²) in [5, 5.41) is 5.11. The van der Waals surface area contributed by atoms with Gasteiger partial charge in [0.05, 0.1) is 5.69 Å². The Morgan fingerprint density at radius 2 is 0.925 bits per heavy atom. The average Bonchev–Trinajstić information content (AvgIpc) is 3.19. The second-order valence-corrected chi connectivity index (χ2v) is 16.1. The Labute approximate surface area is 313 Å². The fourth-order valence-electron chi connectivity index (χ4n) is 8.71. The van der Waals surface area contributed by atoms with Gasteiger partial charge in [0, 0.05) is 16.9 Å². The third kappa shape index (κ3) is 5.54. The quantitative estimate of drug-likeness (QED) is 0.175. The van der Waals surface area contributed by atoms with Crippen LogP contribution >= 0.6 is 0 Å². The lowest BCUT2D eigenvalue weighted by Crippen LogP contribution is -2.15. The Morgan fingerprint density at radius 3 is 1.55 bits per heavy atom. The monoisotopic (exact) mass is 681 g/mol. The zero-order chi connectivity index (χ0) is 35.7. The van der Waals surface area contributed by atoms with Gasteiger partial charge in [-0.3, -0.25) is 0 Å². The van der Waals surface area contributed by atoms with Crippen LogP contribution in [-0.2, 0) is 18.3 Å². The molecule has 0 saturated carbocycles. The number of anilines is 3. The first-order valence-electron chi connectivity index (χ1n) is 19.2. The van der Waals surface area contributed by atoms with Gasteiger partial charge in [0.25, 0.3) is 0 Å². The first-order valence-corrected chi connectivity index (χ1v) is 19.2. The predicted molar refractivity (Wildman–Crippen MR) is 227 cm³/mol. The van der Waals surface area contributed by atoms with E-state index in [2.05, 4.69) is 183 Å². The fourth-order valence-corrected chi connectivity index (χ4v) is 8.71. The molecule has 0 fully saturated rings. The fraction of sp³-hybridized carbons (Fsp3) is 0.154. The highest BCUT2D eigenvalue weighted by Crippen LogP contribution is 2.51. The maximum atomic E-state index is 2.51. The summed E-state index contributed by atoms with van der Waals surface area (Å²) < 4.78 is 0. The lowest BCUT2D eigenvalue weighted by atomic mass is 9.77. The van der Waals surface area contributed by atoms with Gasteiger partial charge in [0.15, 0.2) is 0 Å². The van der Waals surface area contributed by atoms with E-state index in [0.717, 1.165) is 12.8 Å². The number of rotatable bonds is 5. The van der Waals surface area contributed by atoms with E-state index >= 15 is 0 Å². The summed E-state index contributed by atoms with van der Waals surface area (Å²) in [6.45, 7) is 6.87. The van der Waals surface area contributed by atoms with Crippen molar-refractivity contribution in [2.24, 2.45) is 0 Å². The summed E-state index contributed by atoms with van der Waals surface area (Å²) in [4.78, 5) is 2.51. The number of fused-ring (bicyclic) bond motifs is 7. The summed E-state index contributed by atoms with van der Waals surface area (Å²) in [7, 11) is 0. The molecule has 0 aromatic heterocycles. The van der Waals surface area contributed by atoms with Crippen molar-refractivity contribution < 1.29 is 0 Å². The highest BCUT2D eigenvalue weighted by atomic mass is 15.1. The van der Waals surface area contributed by atoms with Crippen LogP contribution in [0.15, 0.2) is 158 Å². The van der Waals surface area contributed by atoms with Crippen LogP contribution in [0.25, 0.3) is 66.1 Å². The van der Waals surface area contributed by atoms with Gasteiger partial charge in [-0.05, 0) is 175 Å². The highest BCUT2D eigenvalue weighted by Gasteiger charge is 2.26. The topological polar surface area (TPSA) is 3.24 Å². The lowest BCUT2D eigenvalue weighted by Gasteiger charge is -2.31. The van der Waals surface area contributed by atoms with E-state index in [0.29, 0.717) is 0 Å². The molecule has 0 N–H and O–H groups in total. The molecule has 0 saturated heterocycles. The molecule has 53 heavy (non-hydrogen) atoms. The molecule has 1 nitrogen and oxygen atoms in total. The molecule has 256 valence electrons. The second kappa shape index (κ2) is 12.3. The van der Waals surface area contributed by atoms with Crippen molar-refractivity contribution in [3.8, 4) is 44.5 Å². The van der Waals surface area contributed by atoms with Crippen LogP contribution in [-0.4, -0.2) is 0 Å². The van der Waals surface area contributed by atoms with E-state index in [4.69, 9.17) is 0 Å². The maximum Gasteiger partial charge on any atom is 0.0542 e. The molecule has 0 aliphatic heterocycles. The third-order valence-electron chi connectivity index (χ3n) is 11.7. The molecular formula is C52H43N. The van der Waals surface area contributed by atoms with Crippen molar-refractivity contribution in [2.75, 3.05) is 4.90 Å². The predicted octanol–water partition coefficient (Wildman–Crippen LogP) is 14.6. The van der Waals surface area contributed by atoms with Crippen LogP contribution in [0.3, 0.4) is 0 Å². The Hall–Kier alpha value is -5.92. The number of nitrogens with zero attached hydrogens (tertiary/aromatic N) is 1. The van der Waals surface area contributed by atoms with Crippen molar-refractivity contribution in [1.29, 1.82) is 0 Å². The smallest absolute Gasteiger partial charge is 0.0542 e. The van der Waals surface area contributed by atoms with E-state index in [1.165, 1.54) is 113 Å². The van der Waals surface area contributed by atoms with Crippen molar-refractivity contribution in [1.82, 2.24) is 0 Å². The first-order chi connectivity index (χ1) is 25.9. The van der Waals surface area contributed by atoms with Gasteiger partial charge in [-0.1, -0.05) is 112 Å². The number of aryl methyl sites for hydroxylation is 2. The molecule has 8 aromatic rings. The van der Waals surface area contributed by atoms with E-state index < -0.39 is 0 Å². The summed E-state index contributed by atoms with van der Waals surface area (Å²) in [5.74, 6) is 0. The van der Waals surface area contributed by atoms with Crippen LogP contribution in [0.1, 0.15) is 50.3 Å². The van der Waals surface area contributed by atoms with Crippen molar-refractivity contribution in [3.05, 3.63) is 174 Å². The van der Waals surface area contributed by atoms with Gasteiger partial charge in [-0.15, -0.1) is 0 Å². The Bertz CT molecular complexity index is 2680. The summed E-state index contributed by atoms with van der Waals surface area (Å²) >= 11 is 0. The Balaban J connectivity index is 1.12. The Morgan fingerprint density at radius 1 is 0.396 bits per heavy atom. The van der Waals surface area contributed by atoms with Crippen molar-refractivity contribution in [2.45, 2.75) is 51.9 Å². The van der Waals surface area contributed by atoms with E-state index in [9.17, 15) is 0 Å². The minimum absolute atomic E-state index is 0.0833. The van der Waals surface area contributed by atoms with Gasteiger partial charge in [-0.2, -0.15) is 0 Å². The molecule has 0 radical (unpaired) electrons. The van der Waals surface area contributed by atoms with E-state index in [1.54, 1.807) is 0 Å². The first kappa shape index (κ1) is 31.8. The van der Waals surface area contributed by atoms with E-state index in [-0.39, 0.29) is 5.41 Å². The molecule has 0 amide bonds. The molecule has 0 atom stereocenters.